The SMILES string of the molecule is CCCNCc1c(Cn2cncn2)oc2ccccc12. The molecule has 0 spiro atoms. The second-order valence-corrected chi connectivity index (χ2v) is 4.77. The van der Waals surface area contributed by atoms with Gasteiger partial charge in [0.05, 0.1) is 0 Å². The van der Waals surface area contributed by atoms with E-state index in [-0.39, 0.29) is 0 Å². The molecule has 0 fully saturated rings. The van der Waals surface area contributed by atoms with Crippen LogP contribution in [0.2, 0.25) is 0 Å². The highest BCUT2D eigenvalue weighted by molar-refractivity contribution is 5.82. The van der Waals surface area contributed by atoms with E-state index in [9.17, 15) is 0 Å². The Kier molecular flexibility index (Phi) is 3.78. The van der Waals surface area contributed by atoms with E-state index < -0.39 is 0 Å². The molecule has 5 heteroatoms. The van der Waals surface area contributed by atoms with Crippen LogP contribution in [0.3, 0.4) is 0 Å². The number of hydrogen-bond donors (Lipinski definition) is 1. The minimum absolute atomic E-state index is 0.609. The topological polar surface area (TPSA) is 55.9 Å². The first-order valence-electron chi connectivity index (χ1n) is 6.91. The van der Waals surface area contributed by atoms with Crippen LogP contribution in [0.15, 0.2) is 41.3 Å². The molecule has 2 aromatic heterocycles. The van der Waals surface area contributed by atoms with Crippen molar-refractivity contribution in [3.8, 4) is 0 Å². The van der Waals surface area contributed by atoms with Crippen molar-refractivity contribution < 1.29 is 4.42 Å². The number of para-hydroxylation sites is 1. The molecule has 0 atom stereocenters. The van der Waals surface area contributed by atoms with Gasteiger partial charge < -0.3 is 9.73 Å². The number of aromatic nitrogens is 3. The van der Waals surface area contributed by atoms with E-state index in [0.29, 0.717) is 6.54 Å². The van der Waals surface area contributed by atoms with Crippen molar-refractivity contribution in [3.05, 3.63) is 48.2 Å². The lowest BCUT2D eigenvalue weighted by atomic mass is 10.1. The fourth-order valence-corrected chi connectivity index (χ4v) is 2.32. The summed E-state index contributed by atoms with van der Waals surface area (Å²) < 4.78 is 7.75. The van der Waals surface area contributed by atoms with Crippen LogP contribution < -0.4 is 5.32 Å². The van der Waals surface area contributed by atoms with Crippen molar-refractivity contribution >= 4 is 11.0 Å². The quantitative estimate of drug-likeness (QED) is 0.699. The molecule has 3 aromatic rings. The summed E-state index contributed by atoms with van der Waals surface area (Å²) in [5.41, 5.74) is 2.14. The van der Waals surface area contributed by atoms with Crippen LogP contribution in [-0.4, -0.2) is 21.3 Å². The van der Waals surface area contributed by atoms with Crippen molar-refractivity contribution in [1.82, 2.24) is 20.1 Å². The Balaban J connectivity index is 1.94. The van der Waals surface area contributed by atoms with Gasteiger partial charge >= 0.3 is 0 Å². The molecule has 0 radical (unpaired) electrons. The van der Waals surface area contributed by atoms with E-state index in [2.05, 4.69) is 28.4 Å². The van der Waals surface area contributed by atoms with Crippen LogP contribution in [-0.2, 0) is 13.1 Å². The predicted molar refractivity (Wildman–Crippen MR) is 77.3 cm³/mol. The van der Waals surface area contributed by atoms with E-state index in [0.717, 1.165) is 30.9 Å². The summed E-state index contributed by atoms with van der Waals surface area (Å²) in [7, 11) is 0. The molecule has 104 valence electrons. The summed E-state index contributed by atoms with van der Waals surface area (Å²) in [6.07, 6.45) is 4.36. The first kappa shape index (κ1) is 12.9. The van der Waals surface area contributed by atoms with E-state index in [1.807, 2.05) is 18.2 Å². The van der Waals surface area contributed by atoms with Gasteiger partial charge in [0, 0.05) is 17.5 Å². The van der Waals surface area contributed by atoms with Crippen LogP contribution in [0.25, 0.3) is 11.0 Å². The highest BCUT2D eigenvalue weighted by Gasteiger charge is 2.14. The first-order chi connectivity index (χ1) is 9.88. The van der Waals surface area contributed by atoms with E-state index in [4.69, 9.17) is 4.42 Å². The van der Waals surface area contributed by atoms with E-state index in [1.54, 1.807) is 11.0 Å². The second kappa shape index (κ2) is 5.88. The van der Waals surface area contributed by atoms with Gasteiger partial charge in [-0.3, -0.25) is 0 Å². The summed E-state index contributed by atoms with van der Waals surface area (Å²) in [6.45, 7) is 4.59. The molecule has 1 aromatic carbocycles. The lowest BCUT2D eigenvalue weighted by molar-refractivity contribution is 0.499. The van der Waals surface area contributed by atoms with Crippen molar-refractivity contribution in [2.45, 2.75) is 26.4 Å². The Labute approximate surface area is 117 Å². The van der Waals surface area contributed by atoms with Gasteiger partial charge in [-0.15, -0.1) is 0 Å². The van der Waals surface area contributed by atoms with Gasteiger partial charge in [-0.1, -0.05) is 25.1 Å². The molecule has 0 amide bonds. The van der Waals surface area contributed by atoms with Gasteiger partial charge in [0.25, 0.3) is 0 Å². The number of fused-ring (bicyclic) bond motifs is 1. The largest absolute Gasteiger partial charge is 0.459 e. The van der Waals surface area contributed by atoms with E-state index in [1.165, 1.54) is 17.3 Å². The van der Waals surface area contributed by atoms with Gasteiger partial charge in [0.1, 0.15) is 30.5 Å². The number of benzene rings is 1. The molecule has 0 saturated heterocycles. The number of nitrogens with one attached hydrogen (secondary N) is 1. The molecule has 0 saturated carbocycles. The summed E-state index contributed by atoms with van der Waals surface area (Å²) >= 11 is 0. The maximum Gasteiger partial charge on any atom is 0.137 e. The van der Waals surface area contributed by atoms with Crippen LogP contribution in [0, 0.1) is 0 Å². The normalized spacial score (nSPS) is 11.2. The van der Waals surface area contributed by atoms with E-state index >= 15 is 0 Å². The molecule has 2 heterocycles. The van der Waals surface area contributed by atoms with Crippen LogP contribution in [0.4, 0.5) is 0 Å². The highest BCUT2D eigenvalue weighted by atomic mass is 16.3. The smallest absolute Gasteiger partial charge is 0.137 e. The second-order valence-electron chi connectivity index (χ2n) is 4.77. The molecule has 5 nitrogen and oxygen atoms in total. The van der Waals surface area contributed by atoms with Crippen LogP contribution >= 0.6 is 0 Å². The Bertz CT molecular complexity index is 672. The third-order valence-corrected chi connectivity index (χ3v) is 3.28. The molecule has 0 unspecified atom stereocenters. The van der Waals surface area contributed by atoms with Gasteiger partial charge in [-0.25, -0.2) is 9.67 Å². The molecule has 1 N–H and O–H groups in total. The lowest BCUT2D eigenvalue weighted by Crippen LogP contribution is -2.15. The van der Waals surface area contributed by atoms with Crippen LogP contribution in [0.5, 0.6) is 0 Å². The fraction of sp³-hybridized carbons (Fsp3) is 0.333. The number of hydrogen-bond acceptors (Lipinski definition) is 4. The third kappa shape index (κ3) is 2.58. The minimum Gasteiger partial charge on any atom is -0.459 e. The maximum atomic E-state index is 5.97. The Morgan fingerprint density at radius 1 is 1.30 bits per heavy atom. The zero-order valence-corrected chi connectivity index (χ0v) is 11.5. The summed E-state index contributed by atoms with van der Waals surface area (Å²) in [4.78, 5) is 3.97. The number of furan rings is 1. The van der Waals surface area contributed by atoms with Gasteiger partial charge in [-0.05, 0) is 19.0 Å². The first-order valence-corrected chi connectivity index (χ1v) is 6.91. The lowest BCUT2D eigenvalue weighted by Gasteiger charge is -2.04. The third-order valence-electron chi connectivity index (χ3n) is 3.28. The van der Waals surface area contributed by atoms with Crippen molar-refractivity contribution in [3.63, 3.8) is 0 Å². The van der Waals surface area contributed by atoms with Crippen molar-refractivity contribution in [1.29, 1.82) is 0 Å². The Morgan fingerprint density at radius 3 is 3.00 bits per heavy atom. The van der Waals surface area contributed by atoms with Crippen molar-refractivity contribution in [2.24, 2.45) is 0 Å². The molecule has 0 aliphatic carbocycles. The minimum atomic E-state index is 0.609. The number of rotatable bonds is 6. The summed E-state index contributed by atoms with van der Waals surface area (Å²) in [5, 5.41) is 8.76. The van der Waals surface area contributed by atoms with Gasteiger partial charge in [0.2, 0.25) is 0 Å². The molecule has 0 bridgehead atoms. The monoisotopic (exact) mass is 270 g/mol. The van der Waals surface area contributed by atoms with Gasteiger partial charge in [-0.2, -0.15) is 5.10 Å². The zero-order chi connectivity index (χ0) is 13.8. The standard InChI is InChI=1S/C15H18N4O/c1-2-7-16-8-13-12-5-3-4-6-14(12)20-15(13)9-19-11-17-10-18-19/h3-6,10-11,16H,2,7-9H2,1H3. The maximum absolute atomic E-state index is 5.97. The fourth-order valence-electron chi connectivity index (χ4n) is 2.32. The molecular weight excluding hydrogens is 252 g/mol. The average Bonchev–Trinajstić information content (AvgIpc) is 3.08. The molecule has 0 aliphatic heterocycles. The average molecular weight is 270 g/mol. The molecule has 20 heavy (non-hydrogen) atoms. The zero-order valence-electron chi connectivity index (χ0n) is 11.5. The summed E-state index contributed by atoms with van der Waals surface area (Å²) in [6, 6.07) is 8.14. The van der Waals surface area contributed by atoms with Crippen LogP contribution in [0.1, 0.15) is 24.7 Å². The Hall–Kier alpha value is -2.14. The Morgan fingerprint density at radius 2 is 2.20 bits per heavy atom. The number of nitrogens with zero attached hydrogens (tertiary/aromatic N) is 3. The highest BCUT2D eigenvalue weighted by Crippen LogP contribution is 2.26. The predicted octanol–water partition coefficient (Wildman–Crippen LogP) is 2.57. The van der Waals surface area contributed by atoms with Gasteiger partial charge in [0.15, 0.2) is 0 Å². The van der Waals surface area contributed by atoms with Crippen molar-refractivity contribution in [2.75, 3.05) is 6.54 Å². The molecule has 0 aliphatic rings. The molecule has 3 rings (SSSR count). The molecular formula is C15H18N4O. The summed E-state index contributed by atoms with van der Waals surface area (Å²) in [5.74, 6) is 0.945.